The number of rotatable bonds is 4. The molecule has 24 heavy (non-hydrogen) atoms. The van der Waals surface area contributed by atoms with Gasteiger partial charge >= 0.3 is 29.6 Å². The van der Waals surface area contributed by atoms with Crippen LogP contribution >= 0.6 is 0 Å². The first-order chi connectivity index (χ1) is 10.6. The molecule has 0 aliphatic carbocycles. The molecule has 0 bridgehead atoms. The minimum atomic E-state index is -4.30. The van der Waals surface area contributed by atoms with Crippen molar-refractivity contribution in [3.63, 3.8) is 0 Å². The summed E-state index contributed by atoms with van der Waals surface area (Å²) in [5.74, 6) is 0.168. The fraction of sp³-hybridized carbons (Fsp3) is 0.474. The van der Waals surface area contributed by atoms with Gasteiger partial charge < -0.3 is 1.43 Å². The first kappa shape index (κ1) is 21.7. The van der Waals surface area contributed by atoms with E-state index in [9.17, 15) is 13.0 Å². The summed E-state index contributed by atoms with van der Waals surface area (Å²) in [5, 5.41) is 2.01. The molecule has 3 nitrogen and oxygen atoms in total. The molecule has 2 aromatic rings. The van der Waals surface area contributed by atoms with E-state index in [2.05, 4.69) is 19.9 Å². The maximum Gasteiger partial charge on any atom is 1.00 e. The topological polar surface area (TPSA) is 54.4 Å². The monoisotopic (exact) mass is 358 g/mol. The summed E-state index contributed by atoms with van der Waals surface area (Å²) in [6.07, 6.45) is 0. The van der Waals surface area contributed by atoms with E-state index in [0.717, 1.165) is 27.5 Å². The number of benzene rings is 2. The Morgan fingerprint density at radius 2 is 1.17 bits per heavy atom. The molecule has 0 aromatic heterocycles. The minimum absolute atomic E-state index is 0. The van der Waals surface area contributed by atoms with Crippen LogP contribution in [0.3, 0.4) is 0 Å². The van der Waals surface area contributed by atoms with Crippen molar-refractivity contribution in [2.24, 2.45) is 0 Å². The van der Waals surface area contributed by atoms with Crippen LogP contribution in [0.4, 0.5) is 0 Å². The maximum absolute atomic E-state index is 12.3. The van der Waals surface area contributed by atoms with Gasteiger partial charge in [-0.1, -0.05) is 65.8 Å². The van der Waals surface area contributed by atoms with Gasteiger partial charge in [0.2, 0.25) is 0 Å². The van der Waals surface area contributed by atoms with Gasteiger partial charge in [0.15, 0.2) is 0 Å². The van der Waals surface area contributed by atoms with Crippen LogP contribution in [0.2, 0.25) is 0 Å². The molecular weight excluding hydrogens is 331 g/mol. The van der Waals surface area contributed by atoms with Crippen molar-refractivity contribution in [2.75, 3.05) is 0 Å². The van der Waals surface area contributed by atoms with E-state index in [1.54, 1.807) is 0 Å². The molecule has 0 saturated carbocycles. The fourth-order valence-corrected chi connectivity index (χ4v) is 4.78. The van der Waals surface area contributed by atoms with Gasteiger partial charge in [-0.2, -0.15) is 8.42 Å². The molecule has 0 unspecified atom stereocenters. The van der Waals surface area contributed by atoms with E-state index in [1.807, 2.05) is 45.9 Å². The molecule has 0 heterocycles. The zero-order chi connectivity index (χ0) is 17.5. The molecule has 2 rings (SSSR count). The standard InChI is InChI=1S/C19H26O3S.Na.H/c1-11(2)16-14-9-7-8-10-15(14)17(12(3)4)19(23(20,21)22)18(16)13(5)6;;/h7-13H,1-6H3,(H,20,21,22);;/q;+1;-1. The molecule has 0 fully saturated rings. The number of hydrogen-bond donors (Lipinski definition) is 1. The van der Waals surface area contributed by atoms with Crippen molar-refractivity contribution in [1.82, 2.24) is 0 Å². The molecule has 128 valence electrons. The molecule has 0 aliphatic heterocycles. The van der Waals surface area contributed by atoms with Crippen molar-refractivity contribution in [1.29, 1.82) is 0 Å². The van der Waals surface area contributed by atoms with E-state index >= 15 is 0 Å². The minimum Gasteiger partial charge on any atom is -1.00 e. The summed E-state index contributed by atoms with van der Waals surface area (Å²) in [4.78, 5) is 0.116. The summed E-state index contributed by atoms with van der Waals surface area (Å²) in [5.41, 5.74) is 2.49. The van der Waals surface area contributed by atoms with Gasteiger partial charge in [-0.3, -0.25) is 4.55 Å². The third-order valence-electron chi connectivity index (χ3n) is 4.28. The molecule has 0 saturated heterocycles. The summed E-state index contributed by atoms with van der Waals surface area (Å²) in [7, 11) is -4.30. The second-order valence-corrected chi connectivity index (χ2v) is 8.41. The van der Waals surface area contributed by atoms with Crippen molar-refractivity contribution in [3.8, 4) is 0 Å². The molecule has 0 atom stereocenters. The predicted molar refractivity (Wildman–Crippen MR) is 97.1 cm³/mol. The number of fused-ring (bicyclic) bond motifs is 1. The summed E-state index contributed by atoms with van der Waals surface area (Å²) < 4.78 is 34.5. The maximum atomic E-state index is 12.3. The van der Waals surface area contributed by atoms with E-state index in [4.69, 9.17) is 0 Å². The van der Waals surface area contributed by atoms with E-state index < -0.39 is 10.1 Å². The van der Waals surface area contributed by atoms with Gasteiger partial charge in [-0.25, -0.2) is 0 Å². The van der Waals surface area contributed by atoms with Crippen molar-refractivity contribution >= 4 is 20.9 Å². The molecular formula is C19H27NaO3S. The van der Waals surface area contributed by atoms with Gasteiger partial charge in [-0.15, -0.1) is 0 Å². The average molecular weight is 358 g/mol. The molecule has 0 radical (unpaired) electrons. The number of hydrogen-bond acceptors (Lipinski definition) is 2. The third kappa shape index (κ3) is 3.88. The Morgan fingerprint density at radius 1 is 0.792 bits per heavy atom. The van der Waals surface area contributed by atoms with Crippen molar-refractivity contribution in [2.45, 2.75) is 64.2 Å². The van der Waals surface area contributed by atoms with Crippen LogP contribution in [0, 0.1) is 0 Å². The Labute approximate surface area is 169 Å². The summed E-state index contributed by atoms with van der Waals surface area (Å²) >= 11 is 0. The Kier molecular flexibility index (Phi) is 7.11. The Morgan fingerprint density at radius 3 is 1.50 bits per heavy atom. The Hall–Kier alpha value is -0.390. The fourth-order valence-electron chi connectivity index (χ4n) is 3.53. The van der Waals surface area contributed by atoms with Crippen LogP contribution in [0.25, 0.3) is 10.8 Å². The molecule has 1 N–H and O–H groups in total. The van der Waals surface area contributed by atoms with Crippen LogP contribution in [0.15, 0.2) is 29.2 Å². The van der Waals surface area contributed by atoms with Crippen LogP contribution in [0.5, 0.6) is 0 Å². The van der Waals surface area contributed by atoms with Crippen molar-refractivity contribution in [3.05, 3.63) is 41.0 Å². The largest absolute Gasteiger partial charge is 1.00 e. The zero-order valence-corrected chi connectivity index (χ0v) is 18.5. The van der Waals surface area contributed by atoms with Crippen LogP contribution in [0.1, 0.15) is 77.4 Å². The first-order valence-electron chi connectivity index (χ1n) is 8.13. The van der Waals surface area contributed by atoms with E-state index in [-0.39, 0.29) is 53.6 Å². The normalized spacial score (nSPS) is 12.2. The van der Waals surface area contributed by atoms with E-state index in [0.29, 0.717) is 0 Å². The van der Waals surface area contributed by atoms with Gasteiger partial charge in [-0.05, 0) is 45.2 Å². The van der Waals surface area contributed by atoms with Gasteiger partial charge in [0.1, 0.15) is 4.90 Å². The quantitative estimate of drug-likeness (QED) is 0.675. The van der Waals surface area contributed by atoms with Gasteiger partial charge in [0.05, 0.1) is 0 Å². The molecule has 5 heteroatoms. The summed E-state index contributed by atoms with van der Waals surface area (Å²) in [6, 6.07) is 7.90. The third-order valence-corrected chi connectivity index (χ3v) is 5.23. The SMILES string of the molecule is CC(C)c1c(S(=O)(=O)O)c(C(C)C)c2ccccc2c1C(C)C.[H-].[Na+]. The Bertz CT molecular complexity index is 843. The van der Waals surface area contributed by atoms with Gasteiger partial charge in [0.25, 0.3) is 10.1 Å². The molecule has 0 aliphatic rings. The molecule has 2 aromatic carbocycles. The van der Waals surface area contributed by atoms with E-state index in [1.165, 1.54) is 0 Å². The Balaban J connectivity index is 0.00000288. The average Bonchev–Trinajstić information content (AvgIpc) is 2.42. The predicted octanol–water partition coefficient (Wildman–Crippen LogP) is 2.57. The van der Waals surface area contributed by atoms with Crippen LogP contribution in [-0.2, 0) is 10.1 Å². The molecule has 0 spiro atoms. The van der Waals surface area contributed by atoms with Crippen LogP contribution in [-0.4, -0.2) is 13.0 Å². The van der Waals surface area contributed by atoms with Crippen molar-refractivity contribution < 1.29 is 44.0 Å². The van der Waals surface area contributed by atoms with Gasteiger partial charge in [0, 0.05) is 0 Å². The second kappa shape index (κ2) is 7.88. The van der Waals surface area contributed by atoms with Crippen LogP contribution < -0.4 is 29.6 Å². The summed E-state index contributed by atoms with van der Waals surface area (Å²) in [6.45, 7) is 12.0. The zero-order valence-electron chi connectivity index (χ0n) is 16.7. The molecule has 0 amide bonds. The smallest absolute Gasteiger partial charge is 1.00 e. The second-order valence-electron chi connectivity index (χ2n) is 7.05. The first-order valence-corrected chi connectivity index (χ1v) is 9.57.